The Kier molecular flexibility index (Phi) is 4.20. The minimum atomic E-state index is 0.0156. The van der Waals surface area contributed by atoms with Crippen LogP contribution >= 0.6 is 15.9 Å². The highest BCUT2D eigenvalue weighted by molar-refractivity contribution is 9.10. The molecule has 1 aliphatic rings. The van der Waals surface area contributed by atoms with Crippen LogP contribution in [0.3, 0.4) is 0 Å². The molecule has 2 aromatic heterocycles. The maximum absolute atomic E-state index is 12.4. The van der Waals surface area contributed by atoms with Gasteiger partial charge < -0.3 is 9.32 Å². The lowest BCUT2D eigenvalue weighted by molar-refractivity contribution is -0.126. The second kappa shape index (κ2) is 6.26. The van der Waals surface area contributed by atoms with Crippen LogP contribution < -0.4 is 0 Å². The molecule has 0 radical (unpaired) electrons. The Labute approximate surface area is 131 Å². The van der Waals surface area contributed by atoms with Crippen molar-refractivity contribution in [2.45, 2.75) is 18.9 Å². The van der Waals surface area contributed by atoms with E-state index in [2.05, 4.69) is 20.9 Å². The van der Waals surface area contributed by atoms with Gasteiger partial charge in [0.2, 0.25) is 5.91 Å². The summed E-state index contributed by atoms with van der Waals surface area (Å²) in [4.78, 5) is 18.3. The highest BCUT2D eigenvalue weighted by Gasteiger charge is 2.28. The zero-order valence-electron chi connectivity index (χ0n) is 11.4. The predicted octanol–water partition coefficient (Wildman–Crippen LogP) is 3.81. The molecule has 0 aliphatic carbocycles. The fourth-order valence-electron chi connectivity index (χ4n) is 2.63. The van der Waals surface area contributed by atoms with Gasteiger partial charge in [-0.15, -0.1) is 0 Å². The molecular formula is C16H15BrN2O2. The molecular weight excluding hydrogens is 332 g/mol. The monoisotopic (exact) mass is 346 g/mol. The van der Waals surface area contributed by atoms with Crippen molar-refractivity contribution < 1.29 is 9.21 Å². The Morgan fingerprint density at radius 3 is 2.86 bits per heavy atom. The number of pyridine rings is 1. The van der Waals surface area contributed by atoms with Crippen molar-refractivity contribution in [3.05, 3.63) is 58.7 Å². The van der Waals surface area contributed by atoms with E-state index in [4.69, 9.17) is 4.42 Å². The van der Waals surface area contributed by atoms with Crippen LogP contribution in [0.2, 0.25) is 0 Å². The third-order valence-electron chi connectivity index (χ3n) is 3.61. The molecule has 3 rings (SSSR count). The summed E-state index contributed by atoms with van der Waals surface area (Å²) in [5, 5.41) is 0. The lowest BCUT2D eigenvalue weighted by atomic mass is 10.1. The van der Waals surface area contributed by atoms with Crippen LogP contribution in [0.1, 0.15) is 30.2 Å². The number of nitrogens with zero attached hydrogens (tertiary/aromatic N) is 2. The van der Waals surface area contributed by atoms with Gasteiger partial charge in [0.25, 0.3) is 0 Å². The molecule has 5 heteroatoms. The van der Waals surface area contributed by atoms with Gasteiger partial charge in [0.15, 0.2) is 4.67 Å². The number of amides is 1. The van der Waals surface area contributed by atoms with E-state index in [-0.39, 0.29) is 11.9 Å². The molecule has 1 amide bonds. The number of rotatable bonds is 3. The summed E-state index contributed by atoms with van der Waals surface area (Å²) < 4.78 is 6.02. The first kappa shape index (κ1) is 14.1. The Bertz CT molecular complexity index is 651. The first-order chi connectivity index (χ1) is 10.2. The molecule has 1 aliphatic heterocycles. The quantitative estimate of drug-likeness (QED) is 0.793. The van der Waals surface area contributed by atoms with Gasteiger partial charge in [0, 0.05) is 25.0 Å². The molecule has 4 nitrogen and oxygen atoms in total. The highest BCUT2D eigenvalue weighted by atomic mass is 79.9. The van der Waals surface area contributed by atoms with E-state index >= 15 is 0 Å². The third-order valence-corrected chi connectivity index (χ3v) is 4.04. The summed E-state index contributed by atoms with van der Waals surface area (Å²) in [6.07, 6.45) is 8.84. The molecule has 0 aromatic carbocycles. The van der Waals surface area contributed by atoms with Gasteiger partial charge in [-0.05, 0) is 64.7 Å². The first-order valence-corrected chi connectivity index (χ1v) is 7.67. The molecule has 0 unspecified atom stereocenters. The van der Waals surface area contributed by atoms with Gasteiger partial charge in [-0.3, -0.25) is 9.78 Å². The maximum Gasteiger partial charge on any atom is 0.247 e. The smallest absolute Gasteiger partial charge is 0.247 e. The topological polar surface area (TPSA) is 46.3 Å². The van der Waals surface area contributed by atoms with E-state index in [1.807, 2.05) is 23.1 Å². The largest absolute Gasteiger partial charge is 0.450 e. The van der Waals surface area contributed by atoms with Crippen molar-refractivity contribution in [1.82, 2.24) is 9.88 Å². The summed E-state index contributed by atoms with van der Waals surface area (Å²) in [7, 11) is 0. The molecule has 0 N–H and O–H groups in total. The average molecular weight is 347 g/mol. The summed E-state index contributed by atoms with van der Waals surface area (Å²) in [6, 6.07) is 7.72. The van der Waals surface area contributed by atoms with Crippen LogP contribution in [-0.2, 0) is 4.79 Å². The molecule has 1 fully saturated rings. The number of halogens is 1. The predicted molar refractivity (Wildman–Crippen MR) is 83.4 cm³/mol. The molecule has 21 heavy (non-hydrogen) atoms. The lowest BCUT2D eigenvalue weighted by Gasteiger charge is -2.23. The minimum Gasteiger partial charge on any atom is -0.450 e. The SMILES string of the molecule is O=C(/C=C\c1ccc(Br)o1)N1CCC[C@@H]1c1ccncc1. The zero-order chi connectivity index (χ0) is 14.7. The summed E-state index contributed by atoms with van der Waals surface area (Å²) >= 11 is 3.24. The Morgan fingerprint density at radius 1 is 1.33 bits per heavy atom. The van der Waals surface area contributed by atoms with Gasteiger partial charge in [-0.2, -0.15) is 0 Å². The number of hydrogen-bond acceptors (Lipinski definition) is 3. The fraction of sp³-hybridized carbons (Fsp3) is 0.250. The van der Waals surface area contributed by atoms with Gasteiger partial charge in [-0.1, -0.05) is 0 Å². The van der Waals surface area contributed by atoms with Gasteiger partial charge in [0.05, 0.1) is 6.04 Å². The van der Waals surface area contributed by atoms with E-state index in [0.717, 1.165) is 24.9 Å². The molecule has 0 bridgehead atoms. The standard InChI is InChI=1S/C16H15BrN2O2/c17-15-5-3-13(21-15)4-6-16(20)19-11-1-2-14(19)12-7-9-18-10-8-12/h3-10,14H,1-2,11H2/b6-4-/t14-/m1/s1. The van der Waals surface area contributed by atoms with Gasteiger partial charge in [-0.25, -0.2) is 0 Å². The molecule has 2 aromatic rings. The van der Waals surface area contributed by atoms with Crippen LogP contribution in [0.15, 0.2) is 51.8 Å². The van der Waals surface area contributed by atoms with E-state index < -0.39 is 0 Å². The fourth-order valence-corrected chi connectivity index (χ4v) is 2.95. The molecule has 1 atom stereocenters. The number of aromatic nitrogens is 1. The van der Waals surface area contributed by atoms with Crippen LogP contribution in [-0.4, -0.2) is 22.3 Å². The van der Waals surface area contributed by atoms with Crippen LogP contribution in [0, 0.1) is 0 Å². The molecule has 0 saturated carbocycles. The van der Waals surface area contributed by atoms with Gasteiger partial charge >= 0.3 is 0 Å². The molecule has 3 heterocycles. The van der Waals surface area contributed by atoms with Crippen molar-refractivity contribution in [2.75, 3.05) is 6.54 Å². The average Bonchev–Trinajstić information content (AvgIpc) is 3.14. The van der Waals surface area contributed by atoms with Crippen LogP contribution in [0.5, 0.6) is 0 Å². The van der Waals surface area contributed by atoms with Crippen LogP contribution in [0.25, 0.3) is 6.08 Å². The summed E-state index contributed by atoms with van der Waals surface area (Å²) in [5.41, 5.74) is 1.14. The van der Waals surface area contributed by atoms with Crippen molar-refractivity contribution in [3.63, 3.8) is 0 Å². The normalized spacial score (nSPS) is 18.5. The van der Waals surface area contributed by atoms with Crippen LogP contribution in [0.4, 0.5) is 0 Å². The summed E-state index contributed by atoms with van der Waals surface area (Å²) in [5.74, 6) is 0.678. The minimum absolute atomic E-state index is 0.0156. The molecule has 108 valence electrons. The van der Waals surface area contributed by atoms with E-state index in [1.165, 1.54) is 0 Å². The number of furan rings is 1. The third kappa shape index (κ3) is 3.24. The van der Waals surface area contributed by atoms with E-state index in [9.17, 15) is 4.79 Å². The van der Waals surface area contributed by atoms with E-state index in [0.29, 0.717) is 10.4 Å². The Morgan fingerprint density at radius 2 is 2.14 bits per heavy atom. The van der Waals surface area contributed by atoms with Crippen molar-refractivity contribution in [3.8, 4) is 0 Å². The number of carbonyl (C=O) groups is 1. The van der Waals surface area contributed by atoms with Crippen molar-refractivity contribution >= 4 is 27.9 Å². The second-order valence-corrected chi connectivity index (χ2v) is 5.73. The lowest BCUT2D eigenvalue weighted by Crippen LogP contribution is -2.28. The maximum atomic E-state index is 12.4. The Hall–Kier alpha value is -1.88. The summed E-state index contributed by atoms with van der Waals surface area (Å²) in [6.45, 7) is 0.790. The second-order valence-electron chi connectivity index (χ2n) is 4.95. The highest BCUT2D eigenvalue weighted by Crippen LogP contribution is 2.31. The van der Waals surface area contributed by atoms with Gasteiger partial charge in [0.1, 0.15) is 5.76 Å². The number of hydrogen-bond donors (Lipinski definition) is 0. The molecule has 0 spiro atoms. The van der Waals surface area contributed by atoms with E-state index in [1.54, 1.807) is 30.6 Å². The van der Waals surface area contributed by atoms with Crippen molar-refractivity contribution in [1.29, 1.82) is 0 Å². The molecule has 1 saturated heterocycles. The first-order valence-electron chi connectivity index (χ1n) is 6.88. The Balaban J connectivity index is 1.73. The van der Waals surface area contributed by atoms with Crippen molar-refractivity contribution in [2.24, 2.45) is 0 Å². The number of likely N-dealkylation sites (tertiary alicyclic amines) is 1. The number of carbonyl (C=O) groups excluding carboxylic acids is 1. The zero-order valence-corrected chi connectivity index (χ0v) is 13.0.